The van der Waals surface area contributed by atoms with E-state index in [-0.39, 0.29) is 17.9 Å². The number of nitrogens with zero attached hydrogens (tertiary/aromatic N) is 4. The number of carbonyl (C=O) groups excluding carboxylic acids is 2. The van der Waals surface area contributed by atoms with Gasteiger partial charge in [0.15, 0.2) is 0 Å². The van der Waals surface area contributed by atoms with Crippen LogP contribution >= 0.6 is 0 Å². The average Bonchev–Trinajstić information content (AvgIpc) is 3.41. The highest BCUT2D eigenvalue weighted by molar-refractivity contribution is 6.05. The number of pyridine rings is 1. The van der Waals surface area contributed by atoms with Gasteiger partial charge in [-0.2, -0.15) is 0 Å². The molecule has 1 saturated heterocycles. The van der Waals surface area contributed by atoms with Crippen molar-refractivity contribution in [3.05, 3.63) is 77.6 Å². The molecule has 0 radical (unpaired) electrons. The number of likely N-dealkylation sites (tertiary alicyclic amines) is 1. The fourth-order valence-corrected chi connectivity index (χ4v) is 3.63. The van der Waals surface area contributed by atoms with Gasteiger partial charge in [0, 0.05) is 42.9 Å². The number of anilines is 1. The predicted molar refractivity (Wildman–Crippen MR) is 110 cm³/mol. The van der Waals surface area contributed by atoms with Crippen molar-refractivity contribution in [2.24, 2.45) is 0 Å². The first kappa shape index (κ1) is 18.9. The van der Waals surface area contributed by atoms with E-state index < -0.39 is 0 Å². The van der Waals surface area contributed by atoms with Crippen LogP contribution in [0.1, 0.15) is 44.4 Å². The quantitative estimate of drug-likeness (QED) is 0.743. The normalized spacial score (nSPS) is 16.1. The molecule has 0 aliphatic carbocycles. The first-order valence-electron chi connectivity index (χ1n) is 9.63. The summed E-state index contributed by atoms with van der Waals surface area (Å²) in [6.45, 7) is 5.10. The molecule has 148 valence electrons. The van der Waals surface area contributed by atoms with Crippen molar-refractivity contribution in [1.29, 1.82) is 0 Å². The molecule has 4 rings (SSSR count). The summed E-state index contributed by atoms with van der Waals surface area (Å²) in [5, 5.41) is 2.90. The molecular weight excluding hydrogens is 366 g/mol. The summed E-state index contributed by atoms with van der Waals surface area (Å²) >= 11 is 0. The van der Waals surface area contributed by atoms with E-state index in [2.05, 4.69) is 15.3 Å². The highest BCUT2D eigenvalue weighted by atomic mass is 16.2. The molecule has 0 saturated carbocycles. The van der Waals surface area contributed by atoms with E-state index in [0.29, 0.717) is 30.0 Å². The van der Waals surface area contributed by atoms with Gasteiger partial charge in [-0.05, 0) is 49.6 Å². The van der Waals surface area contributed by atoms with E-state index >= 15 is 0 Å². The zero-order valence-corrected chi connectivity index (χ0v) is 16.5. The van der Waals surface area contributed by atoms with E-state index in [0.717, 1.165) is 17.5 Å². The molecule has 3 aromatic rings. The lowest BCUT2D eigenvalue weighted by molar-refractivity contribution is 0.0787. The Labute approximate surface area is 169 Å². The summed E-state index contributed by atoms with van der Waals surface area (Å²) in [4.78, 5) is 35.7. The molecule has 3 heterocycles. The summed E-state index contributed by atoms with van der Waals surface area (Å²) in [5.41, 5.74) is 3.26. The van der Waals surface area contributed by atoms with Crippen LogP contribution in [0.25, 0.3) is 0 Å². The standard InChI is InChI=1S/C22H23N5O2/c1-15-5-6-17(12-19(15)25-21(28)20-16(2)4-3-8-24-20)22(29)26-10-7-18(13-26)27-11-9-23-14-27/h3-6,8-9,11-12,14,18H,7,10,13H2,1-2H3,(H,25,28). The van der Waals surface area contributed by atoms with Crippen molar-refractivity contribution >= 4 is 17.5 Å². The molecule has 1 fully saturated rings. The minimum Gasteiger partial charge on any atom is -0.336 e. The number of benzene rings is 1. The van der Waals surface area contributed by atoms with Crippen LogP contribution in [0.4, 0.5) is 5.69 Å². The maximum Gasteiger partial charge on any atom is 0.274 e. The highest BCUT2D eigenvalue weighted by Crippen LogP contribution is 2.25. The third kappa shape index (κ3) is 3.89. The van der Waals surface area contributed by atoms with Crippen LogP contribution in [0.15, 0.2) is 55.2 Å². The Bertz CT molecular complexity index is 1050. The summed E-state index contributed by atoms with van der Waals surface area (Å²) in [6, 6.07) is 9.31. The molecule has 29 heavy (non-hydrogen) atoms. The van der Waals surface area contributed by atoms with Gasteiger partial charge in [-0.1, -0.05) is 12.1 Å². The van der Waals surface area contributed by atoms with Gasteiger partial charge in [-0.3, -0.25) is 14.6 Å². The maximum atomic E-state index is 13.0. The van der Waals surface area contributed by atoms with Crippen molar-refractivity contribution in [3.63, 3.8) is 0 Å². The molecule has 0 spiro atoms. The van der Waals surface area contributed by atoms with E-state index in [1.165, 1.54) is 0 Å². The van der Waals surface area contributed by atoms with Crippen molar-refractivity contribution in [2.75, 3.05) is 18.4 Å². The SMILES string of the molecule is Cc1ccc(C(=O)N2CCC(n3ccnc3)C2)cc1NC(=O)c1ncccc1C. The predicted octanol–water partition coefficient (Wildman–Crippen LogP) is 3.23. The molecule has 0 bridgehead atoms. The Morgan fingerprint density at radius 1 is 1.14 bits per heavy atom. The van der Waals surface area contributed by atoms with Gasteiger partial charge in [0.25, 0.3) is 11.8 Å². The lowest BCUT2D eigenvalue weighted by atomic mass is 10.1. The Kier molecular flexibility index (Phi) is 5.12. The number of hydrogen-bond donors (Lipinski definition) is 1. The second-order valence-corrected chi connectivity index (χ2v) is 7.36. The van der Waals surface area contributed by atoms with Gasteiger partial charge >= 0.3 is 0 Å². The molecule has 7 nitrogen and oxygen atoms in total. The van der Waals surface area contributed by atoms with Gasteiger partial charge in [0.05, 0.1) is 12.4 Å². The number of nitrogens with one attached hydrogen (secondary N) is 1. The summed E-state index contributed by atoms with van der Waals surface area (Å²) in [5.74, 6) is -0.311. The molecule has 2 aromatic heterocycles. The van der Waals surface area contributed by atoms with Crippen LogP contribution in [0.5, 0.6) is 0 Å². The van der Waals surface area contributed by atoms with Crippen molar-refractivity contribution in [3.8, 4) is 0 Å². The minimum absolute atomic E-state index is 0.0304. The minimum atomic E-state index is -0.280. The Morgan fingerprint density at radius 2 is 2.00 bits per heavy atom. The van der Waals surface area contributed by atoms with Crippen molar-refractivity contribution in [2.45, 2.75) is 26.3 Å². The van der Waals surface area contributed by atoms with Crippen LogP contribution in [0, 0.1) is 13.8 Å². The second-order valence-electron chi connectivity index (χ2n) is 7.36. The summed E-state index contributed by atoms with van der Waals surface area (Å²) in [7, 11) is 0. The van der Waals surface area contributed by atoms with E-state index in [4.69, 9.17) is 0 Å². The highest BCUT2D eigenvalue weighted by Gasteiger charge is 2.28. The number of rotatable bonds is 4. The van der Waals surface area contributed by atoms with Gasteiger partial charge in [0.1, 0.15) is 5.69 Å². The molecule has 1 atom stereocenters. The first-order valence-corrected chi connectivity index (χ1v) is 9.63. The first-order chi connectivity index (χ1) is 14.0. The molecule has 2 amide bonds. The number of amides is 2. The molecule has 1 aliphatic rings. The number of imidazole rings is 1. The molecule has 1 aromatic carbocycles. The average molecular weight is 389 g/mol. The van der Waals surface area contributed by atoms with Crippen LogP contribution < -0.4 is 5.32 Å². The Hall–Kier alpha value is -3.48. The zero-order chi connectivity index (χ0) is 20.4. The second kappa shape index (κ2) is 7.87. The van der Waals surface area contributed by atoms with Gasteiger partial charge in [0.2, 0.25) is 0 Å². The third-order valence-corrected chi connectivity index (χ3v) is 5.35. The lowest BCUT2D eigenvalue weighted by Gasteiger charge is -2.18. The fourth-order valence-electron chi connectivity index (χ4n) is 3.63. The Balaban J connectivity index is 1.50. The van der Waals surface area contributed by atoms with Crippen LogP contribution in [-0.2, 0) is 0 Å². The largest absolute Gasteiger partial charge is 0.336 e. The van der Waals surface area contributed by atoms with Gasteiger partial charge in [-0.15, -0.1) is 0 Å². The number of hydrogen-bond acceptors (Lipinski definition) is 4. The summed E-state index contributed by atoms with van der Waals surface area (Å²) < 4.78 is 2.04. The van der Waals surface area contributed by atoms with Crippen LogP contribution in [-0.4, -0.2) is 44.3 Å². The zero-order valence-electron chi connectivity index (χ0n) is 16.5. The van der Waals surface area contributed by atoms with Crippen molar-refractivity contribution < 1.29 is 9.59 Å². The van der Waals surface area contributed by atoms with E-state index in [1.54, 1.807) is 30.9 Å². The molecule has 1 aliphatic heterocycles. The molecule has 7 heteroatoms. The monoisotopic (exact) mass is 389 g/mol. The van der Waals surface area contributed by atoms with Gasteiger partial charge < -0.3 is 14.8 Å². The van der Waals surface area contributed by atoms with Gasteiger partial charge in [-0.25, -0.2) is 4.98 Å². The van der Waals surface area contributed by atoms with Crippen LogP contribution in [0.3, 0.4) is 0 Å². The number of carbonyl (C=O) groups is 2. The molecule has 1 N–H and O–H groups in total. The van der Waals surface area contributed by atoms with E-state index in [1.807, 2.05) is 47.7 Å². The smallest absolute Gasteiger partial charge is 0.274 e. The van der Waals surface area contributed by atoms with Crippen molar-refractivity contribution in [1.82, 2.24) is 19.4 Å². The topological polar surface area (TPSA) is 80.1 Å². The number of aromatic nitrogens is 3. The molecular formula is C22H23N5O2. The lowest BCUT2D eigenvalue weighted by Crippen LogP contribution is -2.29. The third-order valence-electron chi connectivity index (χ3n) is 5.35. The molecule has 1 unspecified atom stereocenters. The summed E-state index contributed by atoms with van der Waals surface area (Å²) in [6.07, 6.45) is 7.97. The fraction of sp³-hybridized carbons (Fsp3) is 0.273. The van der Waals surface area contributed by atoms with E-state index in [9.17, 15) is 9.59 Å². The maximum absolute atomic E-state index is 13.0. The Morgan fingerprint density at radius 3 is 2.76 bits per heavy atom. The van der Waals surface area contributed by atoms with Crippen LogP contribution in [0.2, 0.25) is 0 Å². The number of aryl methyl sites for hydroxylation is 2.